The van der Waals surface area contributed by atoms with E-state index in [1.807, 2.05) is 24.3 Å². The molecule has 0 aliphatic carbocycles. The van der Waals surface area contributed by atoms with Gasteiger partial charge in [-0.25, -0.2) is 4.98 Å². The molecule has 2 heterocycles. The van der Waals surface area contributed by atoms with Gasteiger partial charge in [-0.1, -0.05) is 12.1 Å². The van der Waals surface area contributed by atoms with E-state index in [4.69, 9.17) is 0 Å². The third-order valence-electron chi connectivity index (χ3n) is 3.45. The van der Waals surface area contributed by atoms with Crippen LogP contribution in [0.2, 0.25) is 0 Å². The number of rotatable bonds is 3. The zero-order valence-corrected chi connectivity index (χ0v) is 11.5. The highest BCUT2D eigenvalue weighted by molar-refractivity contribution is 7.84. The van der Waals surface area contributed by atoms with Crippen LogP contribution in [0.4, 0.5) is 0 Å². The average Bonchev–Trinajstić information content (AvgIpc) is 2.48. The molecule has 19 heavy (non-hydrogen) atoms. The van der Waals surface area contributed by atoms with Crippen molar-refractivity contribution in [2.24, 2.45) is 5.92 Å². The minimum Gasteiger partial charge on any atom is -0.316 e. The summed E-state index contributed by atoms with van der Waals surface area (Å²) in [6.45, 7) is 2.05. The lowest BCUT2D eigenvalue weighted by atomic mass is 10.0. The molecule has 1 aromatic heterocycles. The fraction of sp³-hybridized carbons (Fsp3) is 0.429. The molecule has 1 N–H and O–H groups in total. The maximum Gasteiger partial charge on any atom is 0.146 e. The topological polar surface area (TPSA) is 54.9 Å². The molecule has 1 aliphatic rings. The lowest BCUT2D eigenvalue weighted by Gasteiger charge is -2.21. The highest BCUT2D eigenvalue weighted by atomic mass is 32.2. The maximum atomic E-state index is 12.3. The van der Waals surface area contributed by atoms with Gasteiger partial charge < -0.3 is 5.32 Å². The second-order valence-electron chi connectivity index (χ2n) is 4.92. The van der Waals surface area contributed by atoms with E-state index in [0.29, 0.717) is 16.7 Å². The molecule has 0 unspecified atom stereocenters. The van der Waals surface area contributed by atoms with E-state index in [9.17, 15) is 4.21 Å². The van der Waals surface area contributed by atoms with Crippen LogP contribution >= 0.6 is 0 Å². The van der Waals surface area contributed by atoms with E-state index in [-0.39, 0.29) is 0 Å². The van der Waals surface area contributed by atoms with E-state index >= 15 is 0 Å². The fourth-order valence-corrected chi connectivity index (χ4v) is 3.67. The number of para-hydroxylation sites is 2. The lowest BCUT2D eigenvalue weighted by molar-refractivity contribution is 0.408. The third kappa shape index (κ3) is 2.98. The molecule has 100 valence electrons. The van der Waals surface area contributed by atoms with Crippen molar-refractivity contribution in [1.29, 1.82) is 0 Å². The zero-order chi connectivity index (χ0) is 13.1. The smallest absolute Gasteiger partial charge is 0.146 e. The Balaban J connectivity index is 1.77. The van der Waals surface area contributed by atoms with Crippen molar-refractivity contribution in [3.8, 4) is 0 Å². The quantitative estimate of drug-likeness (QED) is 0.927. The summed E-state index contributed by atoms with van der Waals surface area (Å²) in [6, 6.07) is 7.68. The van der Waals surface area contributed by atoms with E-state index in [2.05, 4.69) is 15.3 Å². The molecule has 5 heteroatoms. The van der Waals surface area contributed by atoms with Crippen LogP contribution < -0.4 is 5.32 Å². The van der Waals surface area contributed by atoms with Gasteiger partial charge in [0.15, 0.2) is 0 Å². The van der Waals surface area contributed by atoms with E-state index in [1.165, 1.54) is 6.42 Å². The molecule has 4 nitrogen and oxygen atoms in total. The second kappa shape index (κ2) is 5.75. The van der Waals surface area contributed by atoms with Crippen LogP contribution in [0, 0.1) is 5.92 Å². The summed E-state index contributed by atoms with van der Waals surface area (Å²) >= 11 is 0. The van der Waals surface area contributed by atoms with Crippen molar-refractivity contribution in [3.63, 3.8) is 0 Å². The number of hydrogen-bond acceptors (Lipinski definition) is 4. The largest absolute Gasteiger partial charge is 0.316 e. The van der Waals surface area contributed by atoms with Crippen molar-refractivity contribution in [2.75, 3.05) is 18.8 Å². The molecule has 1 aromatic carbocycles. The van der Waals surface area contributed by atoms with Gasteiger partial charge in [-0.2, -0.15) is 0 Å². The maximum absolute atomic E-state index is 12.3. The first-order chi connectivity index (χ1) is 9.33. The normalized spacial score (nSPS) is 21.4. The summed E-state index contributed by atoms with van der Waals surface area (Å²) < 4.78 is 12.3. The van der Waals surface area contributed by atoms with Crippen molar-refractivity contribution < 1.29 is 4.21 Å². The summed E-state index contributed by atoms with van der Waals surface area (Å²) in [5, 5.41) is 3.95. The molecule has 1 saturated heterocycles. The number of benzene rings is 1. The first-order valence-electron chi connectivity index (χ1n) is 6.64. The molecule has 1 fully saturated rings. The Morgan fingerprint density at radius 3 is 2.95 bits per heavy atom. The summed E-state index contributed by atoms with van der Waals surface area (Å²) in [7, 11) is -1.05. The first-order valence-corrected chi connectivity index (χ1v) is 7.96. The zero-order valence-electron chi connectivity index (χ0n) is 10.7. The molecule has 0 amide bonds. The summed E-state index contributed by atoms with van der Waals surface area (Å²) in [6.07, 6.45) is 3.97. The van der Waals surface area contributed by atoms with Crippen LogP contribution in [0.3, 0.4) is 0 Å². The molecular formula is C14H17N3OS. The number of aromatic nitrogens is 2. The van der Waals surface area contributed by atoms with Gasteiger partial charge >= 0.3 is 0 Å². The highest BCUT2D eigenvalue weighted by Crippen LogP contribution is 2.16. The SMILES string of the molecule is O=[S@@](C[C@H]1CCCNC1)c1cnc2ccccc2n1. The molecule has 0 saturated carbocycles. The van der Waals surface area contributed by atoms with Gasteiger partial charge in [-0.3, -0.25) is 9.19 Å². The first kappa shape index (κ1) is 12.7. The summed E-state index contributed by atoms with van der Waals surface area (Å²) in [4.78, 5) is 8.78. The fourth-order valence-electron chi connectivity index (χ4n) is 2.42. The van der Waals surface area contributed by atoms with Crippen LogP contribution in [0.1, 0.15) is 12.8 Å². The minimum atomic E-state index is -1.05. The van der Waals surface area contributed by atoms with E-state index in [0.717, 1.165) is 30.5 Å². The van der Waals surface area contributed by atoms with Crippen LogP contribution in [-0.4, -0.2) is 33.0 Å². The number of nitrogens with one attached hydrogen (secondary N) is 1. The van der Waals surface area contributed by atoms with Gasteiger partial charge in [-0.15, -0.1) is 0 Å². The Labute approximate surface area is 115 Å². The minimum absolute atomic E-state index is 0.489. The Hall–Kier alpha value is -1.33. The number of piperidine rings is 1. The van der Waals surface area contributed by atoms with Gasteiger partial charge in [0.1, 0.15) is 5.03 Å². The molecule has 0 spiro atoms. The molecule has 1 aliphatic heterocycles. The molecular weight excluding hydrogens is 258 g/mol. The number of nitrogens with zero attached hydrogens (tertiary/aromatic N) is 2. The van der Waals surface area contributed by atoms with Crippen molar-refractivity contribution in [3.05, 3.63) is 30.5 Å². The second-order valence-corrected chi connectivity index (χ2v) is 6.36. The van der Waals surface area contributed by atoms with Gasteiger partial charge in [-0.05, 0) is 44.0 Å². The Morgan fingerprint density at radius 1 is 1.32 bits per heavy atom. The van der Waals surface area contributed by atoms with Gasteiger partial charge in [0.2, 0.25) is 0 Å². The van der Waals surface area contributed by atoms with Crippen LogP contribution in [0.15, 0.2) is 35.5 Å². The Morgan fingerprint density at radius 2 is 2.16 bits per heavy atom. The molecule has 2 aromatic rings. The van der Waals surface area contributed by atoms with Crippen molar-refractivity contribution in [2.45, 2.75) is 17.9 Å². The van der Waals surface area contributed by atoms with E-state index < -0.39 is 10.8 Å². The molecule has 3 rings (SSSR count). The van der Waals surface area contributed by atoms with Crippen LogP contribution in [-0.2, 0) is 10.8 Å². The highest BCUT2D eigenvalue weighted by Gasteiger charge is 2.18. The molecule has 2 atom stereocenters. The number of fused-ring (bicyclic) bond motifs is 1. The predicted molar refractivity (Wildman–Crippen MR) is 76.4 cm³/mol. The van der Waals surface area contributed by atoms with Crippen LogP contribution in [0.25, 0.3) is 11.0 Å². The summed E-state index contributed by atoms with van der Waals surface area (Å²) in [5.74, 6) is 1.17. The average molecular weight is 275 g/mol. The standard InChI is InChI=1S/C14H17N3OS/c18-19(10-11-4-3-7-15-8-11)14-9-16-12-5-1-2-6-13(12)17-14/h1-2,5-6,9,11,15H,3-4,7-8,10H2/t11-,19-/m0/s1. The van der Waals surface area contributed by atoms with Gasteiger partial charge in [0, 0.05) is 5.75 Å². The lowest BCUT2D eigenvalue weighted by Crippen LogP contribution is -2.32. The Kier molecular flexibility index (Phi) is 3.84. The number of hydrogen-bond donors (Lipinski definition) is 1. The molecule has 0 bridgehead atoms. The monoisotopic (exact) mass is 275 g/mol. The molecule has 0 radical (unpaired) electrons. The van der Waals surface area contributed by atoms with Gasteiger partial charge in [0.25, 0.3) is 0 Å². The van der Waals surface area contributed by atoms with Gasteiger partial charge in [0.05, 0.1) is 28.0 Å². The van der Waals surface area contributed by atoms with Crippen molar-refractivity contribution in [1.82, 2.24) is 15.3 Å². The summed E-state index contributed by atoms with van der Waals surface area (Å²) in [5.41, 5.74) is 1.66. The van der Waals surface area contributed by atoms with Crippen molar-refractivity contribution >= 4 is 21.8 Å². The predicted octanol–water partition coefficient (Wildman–Crippen LogP) is 1.74. The van der Waals surface area contributed by atoms with Crippen LogP contribution in [0.5, 0.6) is 0 Å². The third-order valence-corrected chi connectivity index (χ3v) is 4.88. The Bertz CT molecular complexity index is 596. The van der Waals surface area contributed by atoms with E-state index in [1.54, 1.807) is 6.20 Å².